The van der Waals surface area contributed by atoms with E-state index in [1.54, 1.807) is 12.2 Å². The van der Waals surface area contributed by atoms with Gasteiger partial charge in [-0.25, -0.2) is 0 Å². The fourth-order valence-electron chi connectivity index (χ4n) is 2.35. The van der Waals surface area contributed by atoms with E-state index in [2.05, 4.69) is 40.2 Å². The molecular formula is C21H33NO. The van der Waals surface area contributed by atoms with Crippen molar-refractivity contribution in [1.82, 2.24) is 0 Å². The third-order valence-corrected chi connectivity index (χ3v) is 3.41. The molecule has 0 fully saturated rings. The van der Waals surface area contributed by atoms with Gasteiger partial charge in [0.15, 0.2) is 0 Å². The van der Waals surface area contributed by atoms with E-state index in [0.717, 1.165) is 22.3 Å². The summed E-state index contributed by atoms with van der Waals surface area (Å²) in [6, 6.07) is 0. The second kappa shape index (κ2) is 12.5. The van der Waals surface area contributed by atoms with E-state index in [1.807, 2.05) is 26.8 Å². The SMILES string of the molecule is C=C/C(C(=C)C)=C(\C=C)C(C(=C)O)[C@@H](C)/C(C=N)=C/C.CCC. The zero-order valence-electron chi connectivity index (χ0n) is 15.4. The predicted molar refractivity (Wildman–Crippen MR) is 105 cm³/mol. The monoisotopic (exact) mass is 315 g/mol. The minimum Gasteiger partial charge on any atom is -0.512 e. The highest BCUT2D eigenvalue weighted by Gasteiger charge is 2.26. The molecule has 2 heteroatoms. The van der Waals surface area contributed by atoms with Crippen LogP contribution in [0.3, 0.4) is 0 Å². The number of aliphatic hydroxyl groups is 1. The van der Waals surface area contributed by atoms with Gasteiger partial charge in [0.2, 0.25) is 0 Å². The van der Waals surface area contributed by atoms with Gasteiger partial charge in [0.05, 0.1) is 5.76 Å². The molecule has 0 amide bonds. The Morgan fingerprint density at radius 2 is 1.65 bits per heavy atom. The van der Waals surface area contributed by atoms with Gasteiger partial charge >= 0.3 is 0 Å². The number of rotatable bonds is 8. The molecule has 0 rings (SSSR count). The predicted octanol–water partition coefficient (Wildman–Crippen LogP) is 6.57. The molecule has 0 aliphatic carbocycles. The van der Waals surface area contributed by atoms with Crippen LogP contribution in [-0.2, 0) is 0 Å². The summed E-state index contributed by atoms with van der Waals surface area (Å²) < 4.78 is 0. The van der Waals surface area contributed by atoms with Crippen LogP contribution in [0.1, 0.15) is 41.0 Å². The van der Waals surface area contributed by atoms with Crippen LogP contribution in [0.5, 0.6) is 0 Å². The summed E-state index contributed by atoms with van der Waals surface area (Å²) in [5.41, 5.74) is 3.36. The molecule has 0 bridgehead atoms. The smallest absolute Gasteiger partial charge is 0.0932 e. The Bertz CT molecular complexity index is 506. The highest BCUT2D eigenvalue weighted by Crippen LogP contribution is 2.34. The summed E-state index contributed by atoms with van der Waals surface area (Å²) in [6.45, 7) is 25.2. The molecule has 2 N–H and O–H groups in total. The number of hydrogen-bond donors (Lipinski definition) is 2. The van der Waals surface area contributed by atoms with Crippen molar-refractivity contribution in [1.29, 1.82) is 5.41 Å². The first kappa shape index (κ1) is 23.2. The van der Waals surface area contributed by atoms with Gasteiger partial charge in [-0.05, 0) is 36.5 Å². The summed E-state index contributed by atoms with van der Waals surface area (Å²) in [5.74, 6) is -0.378. The molecule has 0 aromatic carbocycles. The first-order valence-corrected chi connectivity index (χ1v) is 7.96. The average molecular weight is 316 g/mol. The lowest BCUT2D eigenvalue weighted by Gasteiger charge is -2.27. The maximum atomic E-state index is 10.0. The maximum absolute atomic E-state index is 10.0. The Morgan fingerprint density at radius 3 is 1.87 bits per heavy atom. The third-order valence-electron chi connectivity index (χ3n) is 3.41. The highest BCUT2D eigenvalue weighted by atomic mass is 16.3. The molecule has 2 atom stereocenters. The van der Waals surface area contributed by atoms with Crippen molar-refractivity contribution in [3.63, 3.8) is 0 Å². The molecule has 0 aromatic rings. The van der Waals surface area contributed by atoms with Crippen LogP contribution < -0.4 is 0 Å². The lowest BCUT2D eigenvalue weighted by atomic mass is 9.78. The number of aliphatic hydroxyl groups excluding tert-OH is 1. The lowest BCUT2D eigenvalue weighted by Crippen LogP contribution is -2.19. The van der Waals surface area contributed by atoms with Gasteiger partial charge in [-0.1, -0.05) is 77.3 Å². The van der Waals surface area contributed by atoms with Crippen LogP contribution in [0, 0.1) is 17.2 Å². The standard InChI is InChI=1S/C18H25NO.C3H8/c1-8-15(11-19)13(6)18(14(7)20)17(10-3)16(9-2)12(4)5;1-3-2/h8-11,13,18-20H,2-4,7H2,1,5-6H3;3H2,1-2H3/b15-8+,17-16-,19-11?;/t13-,18?;/m0./s1. The molecule has 0 saturated heterocycles. The third kappa shape index (κ3) is 7.14. The maximum Gasteiger partial charge on any atom is 0.0932 e. The van der Waals surface area contributed by atoms with Crippen molar-refractivity contribution < 1.29 is 5.11 Å². The van der Waals surface area contributed by atoms with Gasteiger partial charge in [0, 0.05) is 12.1 Å². The van der Waals surface area contributed by atoms with Crippen LogP contribution in [0.25, 0.3) is 0 Å². The molecule has 0 aliphatic rings. The highest BCUT2D eigenvalue weighted by molar-refractivity contribution is 5.76. The van der Waals surface area contributed by atoms with Crippen molar-refractivity contribution >= 4 is 6.21 Å². The molecule has 0 radical (unpaired) electrons. The topological polar surface area (TPSA) is 44.1 Å². The van der Waals surface area contributed by atoms with E-state index in [1.165, 1.54) is 12.6 Å². The van der Waals surface area contributed by atoms with Crippen LogP contribution in [-0.4, -0.2) is 11.3 Å². The summed E-state index contributed by atoms with van der Waals surface area (Å²) in [7, 11) is 0. The lowest BCUT2D eigenvalue weighted by molar-refractivity contribution is 0.323. The molecule has 0 saturated carbocycles. The summed E-state index contributed by atoms with van der Waals surface area (Å²) >= 11 is 0. The van der Waals surface area contributed by atoms with Gasteiger partial charge in [0.25, 0.3) is 0 Å². The molecular weight excluding hydrogens is 282 g/mol. The van der Waals surface area contributed by atoms with Gasteiger partial charge < -0.3 is 10.5 Å². The average Bonchev–Trinajstić information content (AvgIpc) is 2.48. The molecule has 0 aromatic heterocycles. The first-order chi connectivity index (χ1) is 10.8. The van der Waals surface area contributed by atoms with E-state index >= 15 is 0 Å². The summed E-state index contributed by atoms with van der Waals surface area (Å²) in [6.07, 6.45) is 7.82. The van der Waals surface area contributed by atoms with Crippen molar-refractivity contribution in [2.75, 3.05) is 0 Å². The minimum absolute atomic E-state index is 0.0502. The van der Waals surface area contributed by atoms with Crippen molar-refractivity contribution in [2.24, 2.45) is 11.8 Å². The van der Waals surface area contributed by atoms with E-state index in [-0.39, 0.29) is 17.6 Å². The van der Waals surface area contributed by atoms with Crippen LogP contribution in [0.4, 0.5) is 0 Å². The molecule has 128 valence electrons. The fraction of sp³-hybridized carbons (Fsp3) is 0.381. The van der Waals surface area contributed by atoms with Crippen molar-refractivity contribution in [3.8, 4) is 0 Å². The molecule has 0 heterocycles. The molecule has 0 spiro atoms. The number of allylic oxidation sites excluding steroid dienone is 7. The Morgan fingerprint density at radius 1 is 1.17 bits per heavy atom. The summed E-state index contributed by atoms with van der Waals surface area (Å²) in [4.78, 5) is 0. The molecule has 1 unspecified atom stereocenters. The van der Waals surface area contributed by atoms with Gasteiger partial charge in [-0.15, -0.1) is 0 Å². The van der Waals surface area contributed by atoms with E-state index < -0.39 is 0 Å². The van der Waals surface area contributed by atoms with E-state index in [4.69, 9.17) is 5.41 Å². The molecule has 0 aliphatic heterocycles. The largest absolute Gasteiger partial charge is 0.512 e. The van der Waals surface area contributed by atoms with E-state index in [0.29, 0.717) is 0 Å². The zero-order valence-corrected chi connectivity index (χ0v) is 15.4. The van der Waals surface area contributed by atoms with Crippen LogP contribution in [0.15, 0.2) is 72.6 Å². The van der Waals surface area contributed by atoms with Gasteiger partial charge in [-0.2, -0.15) is 0 Å². The Balaban J connectivity index is 0. The zero-order chi connectivity index (χ0) is 18.6. The second-order valence-electron chi connectivity index (χ2n) is 5.46. The first-order valence-electron chi connectivity index (χ1n) is 7.96. The van der Waals surface area contributed by atoms with Gasteiger partial charge in [0.1, 0.15) is 0 Å². The van der Waals surface area contributed by atoms with Gasteiger partial charge in [-0.3, -0.25) is 0 Å². The van der Waals surface area contributed by atoms with Crippen LogP contribution >= 0.6 is 0 Å². The van der Waals surface area contributed by atoms with Crippen LogP contribution in [0.2, 0.25) is 0 Å². The van der Waals surface area contributed by atoms with Crippen molar-refractivity contribution in [3.05, 3.63) is 72.6 Å². The Hall–Kier alpha value is -2.09. The Kier molecular flexibility index (Phi) is 12.6. The fourth-order valence-corrected chi connectivity index (χ4v) is 2.35. The normalized spacial score (nSPS) is 14.4. The molecule has 2 nitrogen and oxygen atoms in total. The minimum atomic E-state index is -0.343. The van der Waals surface area contributed by atoms with E-state index in [9.17, 15) is 5.11 Å². The molecule has 23 heavy (non-hydrogen) atoms. The van der Waals surface area contributed by atoms with Crippen molar-refractivity contribution in [2.45, 2.75) is 41.0 Å². The Labute approximate surface area is 142 Å². The summed E-state index contributed by atoms with van der Waals surface area (Å²) in [5, 5.41) is 17.5. The number of nitrogens with one attached hydrogen (secondary N) is 1. The second-order valence-corrected chi connectivity index (χ2v) is 5.46. The number of hydrogen-bond acceptors (Lipinski definition) is 2. The quantitative estimate of drug-likeness (QED) is 0.297.